The van der Waals surface area contributed by atoms with Crippen LogP contribution >= 0.6 is 22.7 Å². The molecule has 3 aromatic heterocycles. The summed E-state index contributed by atoms with van der Waals surface area (Å²) in [5.41, 5.74) is 3.18. The number of aromatic nitrogens is 4. The van der Waals surface area contributed by atoms with Crippen LogP contribution in [0.2, 0.25) is 25.7 Å². The molecular weight excluding hydrogens is 687 g/mol. The van der Waals surface area contributed by atoms with E-state index in [0.717, 1.165) is 37.1 Å². The van der Waals surface area contributed by atoms with E-state index in [1.807, 2.05) is 72.3 Å². The van der Waals surface area contributed by atoms with Crippen molar-refractivity contribution in [1.29, 1.82) is 0 Å². The number of benzene rings is 2. The molecule has 0 radical (unpaired) electrons. The SMILES string of the molecule is CCOC(=O)c1nc(N(C)c2cc(C)c(/N=c3\sc4ccccc4n3COCC[Si](C)(C)C)nn2)sc1C1CN(C(=O)Cc2ccccc2)C1. The van der Waals surface area contributed by atoms with Crippen molar-refractivity contribution in [2.45, 2.75) is 58.6 Å². The van der Waals surface area contributed by atoms with Gasteiger partial charge in [-0.05, 0) is 49.2 Å². The number of anilines is 2. The van der Waals surface area contributed by atoms with Gasteiger partial charge in [0.05, 0.1) is 23.2 Å². The highest BCUT2D eigenvalue weighted by atomic mass is 32.1. The van der Waals surface area contributed by atoms with E-state index < -0.39 is 14.0 Å². The largest absolute Gasteiger partial charge is 0.461 e. The molecule has 1 amide bonds. The number of para-hydroxylation sites is 1. The Bertz CT molecular complexity index is 2050. The predicted octanol–water partition coefficient (Wildman–Crippen LogP) is 6.92. The number of ether oxygens (including phenoxy) is 2. The summed E-state index contributed by atoms with van der Waals surface area (Å²) in [6.45, 7) is 13.2. The van der Waals surface area contributed by atoms with Gasteiger partial charge >= 0.3 is 5.97 Å². The second kappa shape index (κ2) is 15.3. The third-order valence-corrected chi connectivity index (χ3v) is 12.6. The minimum Gasteiger partial charge on any atom is -0.461 e. The molecule has 2 aromatic carbocycles. The number of hydrogen-bond donors (Lipinski definition) is 0. The zero-order valence-electron chi connectivity index (χ0n) is 29.4. The molecule has 50 heavy (non-hydrogen) atoms. The zero-order chi connectivity index (χ0) is 35.4. The number of nitrogens with zero attached hydrogens (tertiary/aromatic N) is 7. The molecule has 0 spiro atoms. The second-order valence-electron chi connectivity index (χ2n) is 13.6. The smallest absolute Gasteiger partial charge is 0.358 e. The molecule has 0 bridgehead atoms. The van der Waals surface area contributed by atoms with Crippen LogP contribution in [0.25, 0.3) is 10.2 Å². The van der Waals surface area contributed by atoms with Crippen molar-refractivity contribution >= 4 is 69.6 Å². The number of esters is 1. The fraction of sp³-hybridized carbons (Fsp3) is 0.389. The van der Waals surface area contributed by atoms with Crippen LogP contribution in [0.15, 0.2) is 65.7 Å². The van der Waals surface area contributed by atoms with Crippen molar-refractivity contribution in [3.05, 3.63) is 87.2 Å². The summed E-state index contributed by atoms with van der Waals surface area (Å²) >= 11 is 3.01. The number of rotatable bonds is 13. The number of carbonyl (C=O) groups excluding carboxylic acids is 2. The number of carbonyl (C=O) groups is 2. The van der Waals surface area contributed by atoms with E-state index in [1.165, 1.54) is 11.3 Å². The van der Waals surface area contributed by atoms with Gasteiger partial charge in [-0.3, -0.25) is 9.36 Å². The van der Waals surface area contributed by atoms with E-state index in [0.29, 0.717) is 49.6 Å². The Balaban J connectivity index is 1.21. The second-order valence-corrected chi connectivity index (χ2v) is 21.2. The lowest BCUT2D eigenvalue weighted by Crippen LogP contribution is -2.49. The lowest BCUT2D eigenvalue weighted by atomic mass is 9.96. The predicted molar refractivity (Wildman–Crippen MR) is 202 cm³/mol. The summed E-state index contributed by atoms with van der Waals surface area (Å²) in [4.78, 5) is 40.8. The maximum Gasteiger partial charge on any atom is 0.358 e. The Morgan fingerprint density at radius 3 is 2.50 bits per heavy atom. The van der Waals surface area contributed by atoms with Crippen LogP contribution in [0, 0.1) is 6.92 Å². The first kappa shape index (κ1) is 35.6. The Hall–Kier alpha value is -4.24. The average molecular weight is 730 g/mol. The van der Waals surface area contributed by atoms with Crippen molar-refractivity contribution in [1.82, 2.24) is 24.6 Å². The summed E-state index contributed by atoms with van der Waals surface area (Å²) in [6.07, 6.45) is 0.352. The molecule has 1 saturated heterocycles. The third-order valence-electron chi connectivity index (χ3n) is 8.50. The van der Waals surface area contributed by atoms with Gasteiger partial charge < -0.3 is 19.3 Å². The van der Waals surface area contributed by atoms with Crippen LogP contribution in [-0.4, -0.2) is 77.9 Å². The molecule has 0 atom stereocenters. The normalized spacial score (nSPS) is 13.9. The highest BCUT2D eigenvalue weighted by Gasteiger charge is 2.37. The van der Waals surface area contributed by atoms with Crippen LogP contribution in [0.1, 0.15) is 39.3 Å². The number of fused-ring (bicyclic) bond motifs is 1. The maximum absolute atomic E-state index is 13.0. The van der Waals surface area contributed by atoms with Crippen molar-refractivity contribution in [3.63, 3.8) is 0 Å². The average Bonchev–Trinajstić information content (AvgIpc) is 3.65. The minimum absolute atomic E-state index is 0.00435. The number of amides is 1. The number of likely N-dealkylation sites (tertiary alicyclic amines) is 1. The highest BCUT2D eigenvalue weighted by molar-refractivity contribution is 7.16. The fourth-order valence-electron chi connectivity index (χ4n) is 5.51. The van der Waals surface area contributed by atoms with Gasteiger partial charge in [0.15, 0.2) is 27.3 Å². The summed E-state index contributed by atoms with van der Waals surface area (Å²) in [7, 11) is 0.645. The Labute approximate surface area is 301 Å². The standard InChI is InChI=1S/C36H43N7O4S2Si/c1-7-47-34(45)31-32(26-21-42(22-26)30(44)20-25-13-9-8-10-14-25)49-35(37-31)41(3)29-19-24(2)33(40-39-29)38-36-43(23-46-17-18-50(4,5)6)27-15-11-12-16-28(27)48-36/h8-16,19,26H,7,17-18,20-23H2,1-6H3/b38-36-. The monoisotopic (exact) mass is 729 g/mol. The molecule has 4 heterocycles. The molecule has 6 rings (SSSR count). The van der Waals surface area contributed by atoms with Crippen molar-refractivity contribution in [3.8, 4) is 0 Å². The molecule has 0 saturated carbocycles. The summed E-state index contributed by atoms with van der Waals surface area (Å²) in [5, 5.41) is 9.63. The van der Waals surface area contributed by atoms with Gasteiger partial charge in [0, 0.05) is 45.6 Å². The van der Waals surface area contributed by atoms with Crippen LogP contribution < -0.4 is 9.70 Å². The van der Waals surface area contributed by atoms with Crippen LogP contribution in [-0.2, 0) is 27.4 Å². The quantitative estimate of drug-likeness (QED) is 0.0730. The molecule has 1 aliphatic rings. The highest BCUT2D eigenvalue weighted by Crippen LogP contribution is 2.39. The Kier molecular flexibility index (Phi) is 10.9. The molecule has 1 aliphatic heterocycles. The first-order valence-corrected chi connectivity index (χ1v) is 22.1. The van der Waals surface area contributed by atoms with Crippen LogP contribution in [0.4, 0.5) is 16.8 Å². The van der Waals surface area contributed by atoms with E-state index in [9.17, 15) is 9.59 Å². The van der Waals surface area contributed by atoms with Gasteiger partial charge in [-0.15, -0.1) is 21.5 Å². The van der Waals surface area contributed by atoms with Crippen molar-refractivity contribution < 1.29 is 19.1 Å². The van der Waals surface area contributed by atoms with E-state index in [-0.39, 0.29) is 24.1 Å². The lowest BCUT2D eigenvalue weighted by Gasteiger charge is -2.39. The van der Waals surface area contributed by atoms with E-state index in [4.69, 9.17) is 19.5 Å². The van der Waals surface area contributed by atoms with Gasteiger partial charge in [0.2, 0.25) is 5.91 Å². The molecule has 262 valence electrons. The molecular formula is C36H43N7O4S2Si. The maximum atomic E-state index is 13.0. The topological polar surface area (TPSA) is 115 Å². The summed E-state index contributed by atoms with van der Waals surface area (Å²) in [6, 6.07) is 21.0. The fourth-order valence-corrected chi connectivity index (χ4v) is 8.39. The molecule has 14 heteroatoms. The molecule has 5 aromatic rings. The van der Waals surface area contributed by atoms with Crippen LogP contribution in [0.3, 0.4) is 0 Å². The summed E-state index contributed by atoms with van der Waals surface area (Å²) < 4.78 is 14.7. The number of hydrogen-bond acceptors (Lipinski definition) is 11. The van der Waals surface area contributed by atoms with Gasteiger partial charge in [-0.25, -0.2) is 9.78 Å². The van der Waals surface area contributed by atoms with Gasteiger partial charge in [0.1, 0.15) is 6.73 Å². The minimum atomic E-state index is -1.21. The lowest BCUT2D eigenvalue weighted by molar-refractivity contribution is -0.134. The molecule has 0 aliphatic carbocycles. The van der Waals surface area contributed by atoms with Gasteiger partial charge in [0.25, 0.3) is 0 Å². The number of thiazole rings is 2. The molecule has 0 N–H and O–H groups in total. The van der Waals surface area contributed by atoms with Gasteiger partial charge in [-0.1, -0.05) is 73.4 Å². The van der Waals surface area contributed by atoms with Gasteiger partial charge in [-0.2, -0.15) is 4.99 Å². The molecule has 1 fully saturated rings. The third kappa shape index (κ3) is 8.20. The van der Waals surface area contributed by atoms with E-state index in [1.54, 1.807) is 18.3 Å². The Morgan fingerprint density at radius 1 is 1.04 bits per heavy atom. The molecule has 0 unspecified atom stereocenters. The van der Waals surface area contributed by atoms with Crippen molar-refractivity contribution in [2.75, 3.05) is 38.3 Å². The van der Waals surface area contributed by atoms with E-state index >= 15 is 0 Å². The van der Waals surface area contributed by atoms with E-state index in [2.05, 4.69) is 46.5 Å². The molecule has 11 nitrogen and oxygen atoms in total. The first-order chi connectivity index (χ1) is 24.0. The zero-order valence-corrected chi connectivity index (χ0v) is 32.0. The Morgan fingerprint density at radius 2 is 1.78 bits per heavy atom. The summed E-state index contributed by atoms with van der Waals surface area (Å²) in [5.74, 6) is 0.690. The number of aryl methyl sites for hydroxylation is 1. The first-order valence-electron chi connectivity index (χ1n) is 16.8. The van der Waals surface area contributed by atoms with Crippen LogP contribution in [0.5, 0.6) is 0 Å². The van der Waals surface area contributed by atoms with Crippen molar-refractivity contribution in [2.24, 2.45) is 4.99 Å².